The molecule has 6 heteroatoms. The Morgan fingerprint density at radius 1 is 1.12 bits per heavy atom. The van der Waals surface area contributed by atoms with E-state index in [4.69, 9.17) is 0 Å². The number of aryl methyl sites for hydroxylation is 2. The van der Waals surface area contributed by atoms with Crippen LogP contribution in [0.5, 0.6) is 0 Å². The van der Waals surface area contributed by atoms with Gasteiger partial charge in [0.25, 0.3) is 0 Å². The number of nitrogens with one attached hydrogen (secondary N) is 1. The van der Waals surface area contributed by atoms with Crippen molar-refractivity contribution >= 4 is 15.7 Å². The summed E-state index contributed by atoms with van der Waals surface area (Å²) >= 11 is 0. The lowest BCUT2D eigenvalue weighted by Crippen LogP contribution is -2.35. The average molecular weight is 350 g/mol. The van der Waals surface area contributed by atoms with Gasteiger partial charge in [-0.05, 0) is 56.2 Å². The molecule has 0 fully saturated rings. The van der Waals surface area contributed by atoms with Gasteiger partial charge in [0, 0.05) is 25.3 Å². The number of benzene rings is 2. The van der Waals surface area contributed by atoms with Crippen LogP contribution in [0.15, 0.2) is 47.4 Å². The van der Waals surface area contributed by atoms with E-state index in [0.717, 1.165) is 23.9 Å². The summed E-state index contributed by atoms with van der Waals surface area (Å²) in [6.45, 7) is 7.25. The zero-order chi connectivity index (χ0) is 17.7. The highest BCUT2D eigenvalue weighted by molar-refractivity contribution is 7.89. The number of hydrogen-bond donors (Lipinski definition) is 1. The molecule has 2 aromatic carbocycles. The van der Waals surface area contributed by atoms with E-state index in [1.807, 2.05) is 32.0 Å². The molecule has 24 heavy (non-hydrogen) atoms. The molecule has 0 saturated carbocycles. The second-order valence-electron chi connectivity index (χ2n) is 5.73. The number of rotatable bonds is 7. The molecule has 0 aliphatic rings. The van der Waals surface area contributed by atoms with E-state index < -0.39 is 15.8 Å². The van der Waals surface area contributed by atoms with Gasteiger partial charge in [0.05, 0.1) is 4.90 Å². The van der Waals surface area contributed by atoms with Crippen molar-refractivity contribution in [1.82, 2.24) is 4.72 Å². The molecule has 0 atom stereocenters. The molecule has 130 valence electrons. The van der Waals surface area contributed by atoms with Gasteiger partial charge in [0.15, 0.2) is 0 Å². The topological polar surface area (TPSA) is 49.4 Å². The van der Waals surface area contributed by atoms with E-state index in [-0.39, 0.29) is 11.4 Å². The summed E-state index contributed by atoms with van der Waals surface area (Å²) in [5.74, 6) is -0.559. The fraction of sp³-hybridized carbons (Fsp3) is 0.333. The highest BCUT2D eigenvalue weighted by atomic mass is 32.2. The van der Waals surface area contributed by atoms with Crippen molar-refractivity contribution in [2.75, 3.05) is 24.5 Å². The van der Waals surface area contributed by atoms with Crippen LogP contribution in [0.1, 0.15) is 18.1 Å². The number of halogens is 1. The van der Waals surface area contributed by atoms with Crippen LogP contribution >= 0.6 is 0 Å². The van der Waals surface area contributed by atoms with Crippen LogP contribution in [0.25, 0.3) is 0 Å². The Kier molecular flexibility index (Phi) is 5.96. The van der Waals surface area contributed by atoms with Crippen LogP contribution in [-0.2, 0) is 10.0 Å². The number of nitrogens with zero attached hydrogens (tertiary/aromatic N) is 1. The minimum atomic E-state index is -3.72. The fourth-order valence-corrected chi connectivity index (χ4v) is 3.83. The second kappa shape index (κ2) is 7.77. The van der Waals surface area contributed by atoms with Crippen molar-refractivity contribution in [3.05, 3.63) is 59.4 Å². The molecule has 0 spiro atoms. The molecule has 0 aromatic heterocycles. The Morgan fingerprint density at radius 3 is 2.54 bits per heavy atom. The van der Waals surface area contributed by atoms with E-state index in [1.54, 1.807) is 6.92 Å². The van der Waals surface area contributed by atoms with Gasteiger partial charge in [-0.3, -0.25) is 0 Å². The summed E-state index contributed by atoms with van der Waals surface area (Å²) in [5, 5.41) is 0. The maximum absolute atomic E-state index is 13.3. The van der Waals surface area contributed by atoms with Gasteiger partial charge in [-0.25, -0.2) is 17.5 Å². The third-order valence-corrected chi connectivity index (χ3v) is 5.47. The first-order valence-corrected chi connectivity index (χ1v) is 9.39. The van der Waals surface area contributed by atoms with Crippen LogP contribution in [0.2, 0.25) is 0 Å². The molecule has 0 heterocycles. The van der Waals surface area contributed by atoms with Crippen LogP contribution in [0.4, 0.5) is 10.1 Å². The molecule has 0 amide bonds. The predicted molar refractivity (Wildman–Crippen MR) is 95.4 cm³/mol. The van der Waals surface area contributed by atoms with Crippen molar-refractivity contribution in [1.29, 1.82) is 0 Å². The lowest BCUT2D eigenvalue weighted by atomic mass is 10.2. The third kappa shape index (κ3) is 4.55. The quantitative estimate of drug-likeness (QED) is 0.834. The molecule has 0 unspecified atom stereocenters. The first-order chi connectivity index (χ1) is 11.3. The minimum Gasteiger partial charge on any atom is -0.370 e. The van der Waals surface area contributed by atoms with Crippen molar-refractivity contribution in [2.45, 2.75) is 25.7 Å². The zero-order valence-corrected chi connectivity index (χ0v) is 15.0. The highest BCUT2D eigenvalue weighted by Gasteiger charge is 2.17. The number of sulfonamides is 1. The Bertz CT molecular complexity index is 806. The van der Waals surface area contributed by atoms with Crippen LogP contribution in [0.3, 0.4) is 0 Å². The summed E-state index contributed by atoms with van der Waals surface area (Å²) in [4.78, 5) is 2.08. The fourth-order valence-electron chi connectivity index (χ4n) is 2.55. The molecule has 0 aliphatic heterocycles. The van der Waals surface area contributed by atoms with Crippen molar-refractivity contribution in [3.63, 3.8) is 0 Å². The molecule has 1 N–H and O–H groups in total. The zero-order valence-electron chi connectivity index (χ0n) is 14.2. The first kappa shape index (κ1) is 18.4. The predicted octanol–water partition coefficient (Wildman–Crippen LogP) is 3.25. The maximum atomic E-state index is 13.3. The van der Waals surface area contributed by atoms with E-state index in [9.17, 15) is 12.8 Å². The Balaban J connectivity index is 2.05. The van der Waals surface area contributed by atoms with Crippen molar-refractivity contribution in [3.8, 4) is 0 Å². The SMILES string of the molecule is CCN(CCNS(=O)(=O)c1cc(F)ccc1C)c1cccc(C)c1. The number of anilines is 1. The lowest BCUT2D eigenvalue weighted by molar-refractivity contribution is 0.576. The molecule has 2 rings (SSSR count). The first-order valence-electron chi connectivity index (χ1n) is 7.91. The van der Waals surface area contributed by atoms with Gasteiger partial charge in [0.1, 0.15) is 5.82 Å². The van der Waals surface area contributed by atoms with E-state index in [0.29, 0.717) is 12.1 Å². The third-order valence-electron chi connectivity index (χ3n) is 3.86. The average Bonchev–Trinajstić information content (AvgIpc) is 2.53. The summed E-state index contributed by atoms with van der Waals surface area (Å²) < 4.78 is 40.6. The standard InChI is InChI=1S/C18H23FN2O2S/c1-4-21(17-7-5-6-14(2)12-17)11-10-20-24(22,23)18-13-16(19)9-8-15(18)3/h5-9,12-13,20H,4,10-11H2,1-3H3. The van der Waals surface area contributed by atoms with Crippen LogP contribution < -0.4 is 9.62 Å². The van der Waals surface area contributed by atoms with Crippen molar-refractivity contribution in [2.24, 2.45) is 0 Å². The Morgan fingerprint density at radius 2 is 1.88 bits per heavy atom. The smallest absolute Gasteiger partial charge is 0.240 e. The molecule has 4 nitrogen and oxygen atoms in total. The largest absolute Gasteiger partial charge is 0.370 e. The monoisotopic (exact) mass is 350 g/mol. The molecule has 0 aliphatic carbocycles. The summed E-state index contributed by atoms with van der Waals surface area (Å²) in [5.41, 5.74) is 2.73. The van der Waals surface area contributed by atoms with Crippen LogP contribution in [-0.4, -0.2) is 28.1 Å². The highest BCUT2D eigenvalue weighted by Crippen LogP contribution is 2.17. The van der Waals surface area contributed by atoms with Gasteiger partial charge < -0.3 is 4.90 Å². The Labute approximate surface area is 143 Å². The van der Waals surface area contributed by atoms with Gasteiger partial charge in [0.2, 0.25) is 10.0 Å². The van der Waals surface area contributed by atoms with Gasteiger partial charge in [-0.15, -0.1) is 0 Å². The van der Waals surface area contributed by atoms with Crippen molar-refractivity contribution < 1.29 is 12.8 Å². The maximum Gasteiger partial charge on any atom is 0.240 e. The van der Waals surface area contributed by atoms with Crippen LogP contribution in [0, 0.1) is 19.7 Å². The molecular weight excluding hydrogens is 327 g/mol. The van der Waals surface area contributed by atoms with Gasteiger partial charge >= 0.3 is 0 Å². The van der Waals surface area contributed by atoms with E-state index in [1.165, 1.54) is 12.1 Å². The van der Waals surface area contributed by atoms with Gasteiger partial charge in [-0.2, -0.15) is 0 Å². The molecule has 2 aromatic rings. The summed E-state index contributed by atoms with van der Waals surface area (Å²) in [6, 6.07) is 11.8. The molecule has 0 bridgehead atoms. The molecular formula is C18H23FN2O2S. The number of likely N-dealkylation sites (N-methyl/N-ethyl adjacent to an activating group) is 1. The normalized spacial score (nSPS) is 11.5. The number of hydrogen-bond acceptors (Lipinski definition) is 3. The van der Waals surface area contributed by atoms with E-state index >= 15 is 0 Å². The Hall–Kier alpha value is -1.92. The minimum absolute atomic E-state index is 0.0129. The molecule has 0 saturated heterocycles. The lowest BCUT2D eigenvalue weighted by Gasteiger charge is -2.23. The summed E-state index contributed by atoms with van der Waals surface area (Å²) in [7, 11) is -3.72. The van der Waals surface area contributed by atoms with Gasteiger partial charge in [-0.1, -0.05) is 18.2 Å². The summed E-state index contributed by atoms with van der Waals surface area (Å²) in [6.07, 6.45) is 0. The molecule has 0 radical (unpaired) electrons. The second-order valence-corrected chi connectivity index (χ2v) is 7.46. The van der Waals surface area contributed by atoms with E-state index in [2.05, 4.69) is 15.7 Å².